The molecule has 2 atom stereocenters. The molecule has 1 aromatic rings. The minimum absolute atomic E-state index is 0.0470. The van der Waals surface area contributed by atoms with Crippen molar-refractivity contribution in [1.82, 2.24) is 19.9 Å². The van der Waals surface area contributed by atoms with E-state index in [1.54, 1.807) is 12.0 Å². The number of hydrogen-bond acceptors (Lipinski definition) is 8. The van der Waals surface area contributed by atoms with Crippen molar-refractivity contribution in [1.29, 1.82) is 0 Å². The highest BCUT2D eigenvalue weighted by molar-refractivity contribution is 7.91. The lowest BCUT2D eigenvalue weighted by molar-refractivity contribution is -0.138. The molecule has 0 bridgehead atoms. The largest absolute Gasteiger partial charge is 0.377 e. The third-order valence-electron chi connectivity index (χ3n) is 5.12. The van der Waals surface area contributed by atoms with Gasteiger partial charge in [0.25, 0.3) is 0 Å². The van der Waals surface area contributed by atoms with Crippen LogP contribution in [0.2, 0.25) is 0 Å². The van der Waals surface area contributed by atoms with Crippen LogP contribution >= 0.6 is 0 Å². The topological polar surface area (TPSA) is 106 Å². The maximum Gasteiger partial charge on any atom is 0.240 e. The molecule has 2 saturated heterocycles. The van der Waals surface area contributed by atoms with Gasteiger partial charge in [-0.2, -0.15) is 4.98 Å². The van der Waals surface area contributed by atoms with E-state index in [4.69, 9.17) is 9.26 Å². The Kier molecular flexibility index (Phi) is 4.28. The number of methoxy groups -OCH3 is 1. The standard InChI is InChI=1S/C15H22N4O5S/c1-23-7-13-16-14(24-17-13)6-18-4-5-19(15(20)10-2-3-10)12-9-25(21,22)8-11(12)18/h10-12H,2-9H2,1H3/t11-,12+/m0/s1. The Morgan fingerprint density at radius 2 is 2.04 bits per heavy atom. The van der Waals surface area contributed by atoms with Crippen molar-refractivity contribution in [2.24, 2.45) is 5.92 Å². The fourth-order valence-electron chi connectivity index (χ4n) is 3.78. The summed E-state index contributed by atoms with van der Waals surface area (Å²) >= 11 is 0. The number of carbonyl (C=O) groups is 1. The maximum atomic E-state index is 12.5. The fourth-order valence-corrected chi connectivity index (χ4v) is 5.79. The van der Waals surface area contributed by atoms with E-state index in [0.717, 1.165) is 12.8 Å². The average molecular weight is 370 g/mol. The summed E-state index contributed by atoms with van der Waals surface area (Å²) in [6.07, 6.45) is 1.85. The molecule has 10 heteroatoms. The molecule has 0 aromatic carbocycles. The number of fused-ring (bicyclic) bond motifs is 1. The molecule has 3 aliphatic rings. The lowest BCUT2D eigenvalue weighted by Gasteiger charge is -2.43. The molecule has 1 aliphatic carbocycles. The van der Waals surface area contributed by atoms with E-state index in [0.29, 0.717) is 31.3 Å². The maximum absolute atomic E-state index is 12.5. The van der Waals surface area contributed by atoms with Crippen molar-refractivity contribution in [3.63, 3.8) is 0 Å². The molecular formula is C15H22N4O5S. The van der Waals surface area contributed by atoms with Crippen molar-refractivity contribution in [2.45, 2.75) is 38.1 Å². The van der Waals surface area contributed by atoms with Crippen molar-refractivity contribution in [3.05, 3.63) is 11.7 Å². The Bertz CT molecular complexity index is 760. The molecule has 0 spiro atoms. The van der Waals surface area contributed by atoms with Crippen LogP contribution in [0.1, 0.15) is 24.6 Å². The van der Waals surface area contributed by atoms with E-state index in [1.807, 2.05) is 0 Å². The number of carbonyl (C=O) groups excluding carboxylic acids is 1. The van der Waals surface area contributed by atoms with Gasteiger partial charge in [0.2, 0.25) is 11.8 Å². The van der Waals surface area contributed by atoms with Crippen molar-refractivity contribution in [2.75, 3.05) is 31.7 Å². The van der Waals surface area contributed by atoms with Crippen LogP contribution in [0.15, 0.2) is 4.52 Å². The van der Waals surface area contributed by atoms with E-state index in [2.05, 4.69) is 15.0 Å². The molecular weight excluding hydrogens is 348 g/mol. The fraction of sp³-hybridized carbons (Fsp3) is 0.800. The van der Waals surface area contributed by atoms with E-state index < -0.39 is 9.84 Å². The quantitative estimate of drug-likeness (QED) is 0.679. The van der Waals surface area contributed by atoms with Gasteiger partial charge in [0, 0.05) is 32.2 Å². The molecule has 9 nitrogen and oxygen atoms in total. The van der Waals surface area contributed by atoms with Crippen LogP contribution in [0.4, 0.5) is 0 Å². The first-order chi connectivity index (χ1) is 12.0. The van der Waals surface area contributed by atoms with Gasteiger partial charge >= 0.3 is 0 Å². The van der Waals surface area contributed by atoms with Crippen LogP contribution in [0, 0.1) is 5.92 Å². The van der Waals surface area contributed by atoms with Crippen LogP contribution in [-0.2, 0) is 32.5 Å². The Labute approximate surface area is 146 Å². The molecule has 3 fully saturated rings. The molecule has 0 N–H and O–H groups in total. The SMILES string of the molecule is COCc1noc(CN2CCN(C(=O)C3CC3)[C@@H]3CS(=O)(=O)C[C@@H]32)n1. The molecule has 25 heavy (non-hydrogen) atoms. The molecule has 3 heterocycles. The molecule has 0 unspecified atom stereocenters. The summed E-state index contributed by atoms with van der Waals surface area (Å²) in [4.78, 5) is 20.6. The lowest BCUT2D eigenvalue weighted by atomic mass is 10.0. The number of nitrogens with zero attached hydrogens (tertiary/aromatic N) is 4. The number of sulfone groups is 1. The Morgan fingerprint density at radius 3 is 2.76 bits per heavy atom. The van der Waals surface area contributed by atoms with Crippen LogP contribution < -0.4 is 0 Å². The first kappa shape index (κ1) is 16.9. The van der Waals surface area contributed by atoms with Gasteiger partial charge in [-0.15, -0.1) is 0 Å². The summed E-state index contributed by atoms with van der Waals surface area (Å²) in [5.74, 6) is 1.25. The minimum atomic E-state index is -3.15. The molecule has 0 radical (unpaired) electrons. The van der Waals surface area contributed by atoms with Gasteiger partial charge < -0.3 is 14.2 Å². The number of amides is 1. The number of hydrogen-bond donors (Lipinski definition) is 0. The first-order valence-electron chi connectivity index (χ1n) is 8.52. The Morgan fingerprint density at radius 1 is 1.28 bits per heavy atom. The number of piperazine rings is 1. The van der Waals surface area contributed by atoms with Crippen molar-refractivity contribution >= 4 is 15.7 Å². The van der Waals surface area contributed by atoms with Crippen LogP contribution in [-0.4, -0.2) is 78.1 Å². The summed E-state index contributed by atoms with van der Waals surface area (Å²) in [6, 6.07) is -0.479. The smallest absolute Gasteiger partial charge is 0.240 e. The Hall–Kier alpha value is -1.52. The van der Waals surface area contributed by atoms with Crippen LogP contribution in [0.3, 0.4) is 0 Å². The minimum Gasteiger partial charge on any atom is -0.377 e. The zero-order valence-electron chi connectivity index (χ0n) is 14.1. The van der Waals surface area contributed by atoms with E-state index in [-0.39, 0.29) is 42.0 Å². The zero-order chi connectivity index (χ0) is 17.6. The molecule has 1 aromatic heterocycles. The lowest BCUT2D eigenvalue weighted by Crippen LogP contribution is -2.60. The van der Waals surface area contributed by atoms with Crippen molar-refractivity contribution < 1.29 is 22.5 Å². The molecule has 2 aliphatic heterocycles. The normalized spacial score (nSPS) is 28.9. The van der Waals surface area contributed by atoms with Gasteiger partial charge in [0.05, 0.1) is 24.1 Å². The number of rotatable bonds is 5. The third kappa shape index (κ3) is 3.42. The average Bonchev–Trinajstić information content (AvgIpc) is 3.23. The van der Waals surface area contributed by atoms with Crippen LogP contribution in [0.25, 0.3) is 0 Å². The molecule has 1 amide bonds. The van der Waals surface area contributed by atoms with Crippen molar-refractivity contribution in [3.8, 4) is 0 Å². The van der Waals surface area contributed by atoms with E-state index in [1.165, 1.54) is 0 Å². The van der Waals surface area contributed by atoms with Gasteiger partial charge in [-0.05, 0) is 12.8 Å². The highest BCUT2D eigenvalue weighted by Gasteiger charge is 2.50. The first-order valence-corrected chi connectivity index (χ1v) is 10.3. The monoisotopic (exact) mass is 370 g/mol. The second-order valence-corrected chi connectivity index (χ2v) is 9.18. The van der Waals surface area contributed by atoms with E-state index in [9.17, 15) is 13.2 Å². The second-order valence-electron chi connectivity index (χ2n) is 7.03. The number of aromatic nitrogens is 2. The highest BCUT2D eigenvalue weighted by atomic mass is 32.2. The molecule has 138 valence electrons. The Balaban J connectivity index is 1.51. The van der Waals surface area contributed by atoms with Gasteiger partial charge in [0.1, 0.15) is 6.61 Å². The molecule has 4 rings (SSSR count). The molecule has 1 saturated carbocycles. The van der Waals surface area contributed by atoms with Gasteiger partial charge in [-0.25, -0.2) is 8.42 Å². The van der Waals surface area contributed by atoms with E-state index >= 15 is 0 Å². The predicted octanol–water partition coefficient (Wildman–Crippen LogP) is -0.564. The summed E-state index contributed by atoms with van der Waals surface area (Å²) in [5.41, 5.74) is 0. The second kappa shape index (κ2) is 6.33. The highest BCUT2D eigenvalue weighted by Crippen LogP contribution is 2.35. The van der Waals surface area contributed by atoms with Gasteiger partial charge in [-0.1, -0.05) is 5.16 Å². The predicted molar refractivity (Wildman–Crippen MR) is 86.1 cm³/mol. The third-order valence-corrected chi connectivity index (χ3v) is 6.82. The summed E-state index contributed by atoms with van der Waals surface area (Å²) in [6.45, 7) is 1.81. The van der Waals surface area contributed by atoms with Gasteiger partial charge in [0.15, 0.2) is 15.7 Å². The van der Waals surface area contributed by atoms with Gasteiger partial charge in [-0.3, -0.25) is 9.69 Å². The zero-order valence-corrected chi connectivity index (χ0v) is 14.9. The summed E-state index contributed by atoms with van der Waals surface area (Å²) in [7, 11) is -1.60. The summed E-state index contributed by atoms with van der Waals surface area (Å²) in [5, 5.41) is 3.84. The van der Waals surface area contributed by atoms with Crippen LogP contribution in [0.5, 0.6) is 0 Å². The number of ether oxygens (including phenoxy) is 1. The summed E-state index contributed by atoms with van der Waals surface area (Å²) < 4.78 is 34.6.